The van der Waals surface area contributed by atoms with Crippen molar-refractivity contribution in [3.63, 3.8) is 0 Å². The molecule has 0 unspecified atom stereocenters. The standard InChI is InChI=1S/C12H15ClN2O3/c1-8-6-10(16)9(13)7-11(8)18-12(17)15-4-2-14-3-5-15/h6-7,14,16H,2-5H2,1H3. The second-order valence-corrected chi connectivity index (χ2v) is 4.58. The van der Waals surface area contributed by atoms with Crippen LogP contribution in [0.5, 0.6) is 11.5 Å². The third kappa shape index (κ3) is 2.86. The van der Waals surface area contributed by atoms with E-state index in [-0.39, 0.29) is 16.9 Å². The first-order valence-corrected chi connectivity index (χ1v) is 6.12. The molecule has 1 aliphatic rings. The molecule has 5 nitrogen and oxygen atoms in total. The maximum absolute atomic E-state index is 11.9. The Morgan fingerprint density at radius 2 is 2.11 bits per heavy atom. The van der Waals surface area contributed by atoms with Crippen LogP contribution in [0.3, 0.4) is 0 Å². The molecule has 2 rings (SSSR count). The summed E-state index contributed by atoms with van der Waals surface area (Å²) in [5.41, 5.74) is 0.667. The molecule has 1 amide bonds. The Hall–Kier alpha value is -1.46. The summed E-state index contributed by atoms with van der Waals surface area (Å²) >= 11 is 5.79. The molecule has 1 fully saturated rings. The fourth-order valence-corrected chi connectivity index (χ4v) is 1.92. The van der Waals surface area contributed by atoms with Crippen LogP contribution in [-0.4, -0.2) is 42.3 Å². The molecule has 0 saturated carbocycles. The zero-order valence-electron chi connectivity index (χ0n) is 10.1. The number of amides is 1. The van der Waals surface area contributed by atoms with Gasteiger partial charge in [-0.3, -0.25) is 0 Å². The lowest BCUT2D eigenvalue weighted by atomic mass is 10.2. The van der Waals surface area contributed by atoms with Crippen molar-refractivity contribution in [1.29, 1.82) is 0 Å². The molecule has 1 aliphatic heterocycles. The van der Waals surface area contributed by atoms with Gasteiger partial charge in [-0.15, -0.1) is 0 Å². The van der Waals surface area contributed by atoms with Gasteiger partial charge in [0.1, 0.15) is 11.5 Å². The van der Waals surface area contributed by atoms with Gasteiger partial charge in [-0.2, -0.15) is 0 Å². The first kappa shape index (κ1) is 13.0. The van der Waals surface area contributed by atoms with E-state index in [0.29, 0.717) is 24.4 Å². The van der Waals surface area contributed by atoms with E-state index in [1.165, 1.54) is 12.1 Å². The summed E-state index contributed by atoms with van der Waals surface area (Å²) in [6.07, 6.45) is -0.388. The first-order valence-electron chi connectivity index (χ1n) is 5.74. The average molecular weight is 271 g/mol. The maximum Gasteiger partial charge on any atom is 0.415 e. The Balaban J connectivity index is 2.08. The number of nitrogens with zero attached hydrogens (tertiary/aromatic N) is 1. The van der Waals surface area contributed by atoms with Gasteiger partial charge in [-0.05, 0) is 18.6 Å². The average Bonchev–Trinajstić information content (AvgIpc) is 2.37. The molecular formula is C12H15ClN2O3. The molecule has 98 valence electrons. The Bertz CT molecular complexity index is 459. The summed E-state index contributed by atoms with van der Waals surface area (Å²) in [5, 5.41) is 12.7. The lowest BCUT2D eigenvalue weighted by molar-refractivity contribution is 0.145. The number of hydrogen-bond acceptors (Lipinski definition) is 4. The summed E-state index contributed by atoms with van der Waals surface area (Å²) in [4.78, 5) is 13.5. The number of aryl methyl sites for hydroxylation is 1. The van der Waals surface area contributed by atoms with Crippen LogP contribution in [-0.2, 0) is 0 Å². The number of ether oxygens (including phenoxy) is 1. The fraction of sp³-hybridized carbons (Fsp3) is 0.417. The van der Waals surface area contributed by atoms with Crippen LogP contribution in [0.25, 0.3) is 0 Å². The van der Waals surface area contributed by atoms with Gasteiger partial charge >= 0.3 is 6.09 Å². The van der Waals surface area contributed by atoms with Gasteiger partial charge in [0, 0.05) is 32.2 Å². The van der Waals surface area contributed by atoms with Crippen molar-refractivity contribution in [2.75, 3.05) is 26.2 Å². The van der Waals surface area contributed by atoms with E-state index in [0.717, 1.165) is 13.1 Å². The van der Waals surface area contributed by atoms with Crippen molar-refractivity contribution in [2.45, 2.75) is 6.92 Å². The number of halogens is 1. The molecule has 0 spiro atoms. The summed E-state index contributed by atoms with van der Waals surface area (Å²) in [6, 6.07) is 2.93. The van der Waals surface area contributed by atoms with Crippen LogP contribution in [0.15, 0.2) is 12.1 Å². The van der Waals surface area contributed by atoms with Gasteiger partial charge in [-0.1, -0.05) is 11.6 Å². The topological polar surface area (TPSA) is 61.8 Å². The van der Waals surface area contributed by atoms with Crippen LogP contribution in [0.1, 0.15) is 5.56 Å². The van der Waals surface area contributed by atoms with E-state index >= 15 is 0 Å². The predicted molar refractivity (Wildman–Crippen MR) is 68.3 cm³/mol. The van der Waals surface area contributed by atoms with E-state index in [9.17, 15) is 9.90 Å². The molecule has 0 radical (unpaired) electrons. The number of nitrogens with one attached hydrogen (secondary N) is 1. The van der Waals surface area contributed by atoms with Crippen LogP contribution < -0.4 is 10.1 Å². The van der Waals surface area contributed by atoms with Gasteiger partial charge in [0.2, 0.25) is 0 Å². The van der Waals surface area contributed by atoms with Crippen LogP contribution >= 0.6 is 11.6 Å². The minimum Gasteiger partial charge on any atom is -0.506 e. The fourth-order valence-electron chi connectivity index (χ4n) is 1.76. The number of carbonyl (C=O) groups excluding carboxylic acids is 1. The Morgan fingerprint density at radius 1 is 1.44 bits per heavy atom. The van der Waals surface area contributed by atoms with Crippen molar-refractivity contribution in [3.8, 4) is 11.5 Å². The molecule has 2 N–H and O–H groups in total. The SMILES string of the molecule is Cc1cc(O)c(Cl)cc1OC(=O)N1CCNCC1. The van der Waals surface area contributed by atoms with Crippen molar-refractivity contribution in [3.05, 3.63) is 22.7 Å². The molecule has 1 heterocycles. The number of aromatic hydroxyl groups is 1. The second-order valence-electron chi connectivity index (χ2n) is 4.17. The van der Waals surface area contributed by atoms with Gasteiger partial charge in [0.25, 0.3) is 0 Å². The largest absolute Gasteiger partial charge is 0.506 e. The summed E-state index contributed by atoms with van der Waals surface area (Å²) in [5.74, 6) is 0.359. The van der Waals surface area contributed by atoms with Crippen LogP contribution in [0, 0.1) is 6.92 Å². The Labute approximate surface area is 110 Å². The summed E-state index contributed by atoms with van der Waals surface area (Å²) in [6.45, 7) is 4.54. The van der Waals surface area contributed by atoms with Crippen molar-refractivity contribution in [1.82, 2.24) is 10.2 Å². The molecule has 0 aromatic heterocycles. The second kappa shape index (κ2) is 5.46. The van der Waals surface area contributed by atoms with E-state index in [1.54, 1.807) is 11.8 Å². The monoisotopic (exact) mass is 270 g/mol. The Kier molecular flexibility index (Phi) is 3.93. The quantitative estimate of drug-likeness (QED) is 0.816. The highest BCUT2D eigenvalue weighted by molar-refractivity contribution is 6.32. The number of phenols is 1. The highest BCUT2D eigenvalue weighted by atomic mass is 35.5. The molecule has 1 saturated heterocycles. The molecule has 18 heavy (non-hydrogen) atoms. The van der Waals surface area contributed by atoms with E-state index in [2.05, 4.69) is 5.32 Å². The van der Waals surface area contributed by atoms with E-state index in [4.69, 9.17) is 16.3 Å². The highest BCUT2D eigenvalue weighted by Crippen LogP contribution is 2.31. The normalized spacial score (nSPS) is 15.6. The molecular weight excluding hydrogens is 256 g/mol. The van der Waals surface area contributed by atoms with Crippen molar-refractivity contribution < 1.29 is 14.6 Å². The van der Waals surface area contributed by atoms with Gasteiger partial charge in [-0.25, -0.2) is 4.79 Å². The van der Waals surface area contributed by atoms with E-state index in [1.807, 2.05) is 0 Å². The smallest absolute Gasteiger partial charge is 0.415 e. The maximum atomic E-state index is 11.9. The predicted octanol–water partition coefficient (Wildman–Crippen LogP) is 1.76. The number of carbonyl (C=O) groups is 1. The minimum atomic E-state index is -0.388. The molecule has 6 heteroatoms. The molecule has 1 aromatic carbocycles. The number of piperazine rings is 1. The van der Waals surface area contributed by atoms with Gasteiger partial charge in [0.05, 0.1) is 5.02 Å². The van der Waals surface area contributed by atoms with E-state index < -0.39 is 0 Å². The van der Waals surface area contributed by atoms with Gasteiger partial charge in [0.15, 0.2) is 0 Å². The number of rotatable bonds is 1. The van der Waals surface area contributed by atoms with Gasteiger partial charge < -0.3 is 20.1 Å². The first-order chi connectivity index (χ1) is 8.58. The Morgan fingerprint density at radius 3 is 2.78 bits per heavy atom. The summed E-state index contributed by atoms with van der Waals surface area (Å²) < 4.78 is 5.28. The zero-order valence-corrected chi connectivity index (χ0v) is 10.8. The lowest BCUT2D eigenvalue weighted by Crippen LogP contribution is -2.47. The van der Waals surface area contributed by atoms with Crippen LogP contribution in [0.2, 0.25) is 5.02 Å². The number of hydrogen-bond donors (Lipinski definition) is 2. The van der Waals surface area contributed by atoms with Crippen molar-refractivity contribution >= 4 is 17.7 Å². The van der Waals surface area contributed by atoms with Crippen LogP contribution in [0.4, 0.5) is 4.79 Å². The third-order valence-corrected chi connectivity index (χ3v) is 3.12. The third-order valence-electron chi connectivity index (χ3n) is 2.82. The number of phenolic OH excluding ortho intramolecular Hbond substituents is 1. The number of benzene rings is 1. The summed E-state index contributed by atoms with van der Waals surface area (Å²) in [7, 11) is 0. The molecule has 1 aromatic rings. The molecule has 0 bridgehead atoms. The lowest BCUT2D eigenvalue weighted by Gasteiger charge is -2.26. The minimum absolute atomic E-state index is 0.0175. The van der Waals surface area contributed by atoms with Crippen molar-refractivity contribution in [2.24, 2.45) is 0 Å². The zero-order chi connectivity index (χ0) is 13.1. The molecule has 0 aliphatic carbocycles. The molecule has 0 atom stereocenters. The highest BCUT2D eigenvalue weighted by Gasteiger charge is 2.19.